The van der Waals surface area contributed by atoms with Crippen molar-refractivity contribution in [2.45, 2.75) is 19.9 Å². The fourth-order valence-electron chi connectivity index (χ4n) is 2.72. The van der Waals surface area contributed by atoms with Gasteiger partial charge < -0.3 is 14.2 Å². The van der Waals surface area contributed by atoms with E-state index in [1.54, 1.807) is 14.2 Å². The normalized spacial score (nSPS) is 10.9. The Morgan fingerprint density at radius 2 is 1.77 bits per heavy atom. The van der Waals surface area contributed by atoms with Gasteiger partial charge in [-0.05, 0) is 41.8 Å². The molecule has 1 aromatic heterocycles. The summed E-state index contributed by atoms with van der Waals surface area (Å²) < 4.78 is 16.2. The highest BCUT2D eigenvalue weighted by atomic mass is 35.5. The summed E-state index contributed by atoms with van der Waals surface area (Å²) in [4.78, 5) is 12.1. The summed E-state index contributed by atoms with van der Waals surface area (Å²) in [5.41, 5.74) is 3.23. The van der Waals surface area contributed by atoms with Crippen LogP contribution in [0.1, 0.15) is 16.7 Å². The number of azo groups is 1. The number of aryl methyl sites for hydroxylation is 1. The molecule has 1 heterocycles. The number of halogens is 1. The van der Waals surface area contributed by atoms with Crippen molar-refractivity contribution in [2.24, 2.45) is 10.2 Å². The quantitative estimate of drug-likeness (QED) is 0.457. The molecule has 0 unspecified atom stereocenters. The van der Waals surface area contributed by atoms with Crippen LogP contribution in [-0.4, -0.2) is 35.8 Å². The molecule has 0 atom stereocenters. The van der Waals surface area contributed by atoms with E-state index in [4.69, 9.17) is 25.8 Å². The van der Waals surface area contributed by atoms with Crippen LogP contribution in [0.15, 0.2) is 52.7 Å². The maximum atomic E-state index is 5.96. The van der Waals surface area contributed by atoms with E-state index in [9.17, 15) is 0 Å². The average molecular weight is 428 g/mol. The van der Waals surface area contributed by atoms with E-state index in [-0.39, 0.29) is 17.2 Å². The second kappa shape index (κ2) is 10.5. The second-order valence-electron chi connectivity index (χ2n) is 6.36. The SMILES string of the molecule is COc1ccc(CCOc2nc(Cl)nc(N=NCc3cccc(C)c3)n2)cc1OC. The number of benzene rings is 2. The molecule has 0 N–H and O–H groups in total. The molecule has 2 aromatic carbocycles. The summed E-state index contributed by atoms with van der Waals surface area (Å²) in [5.74, 6) is 1.44. The van der Waals surface area contributed by atoms with Crippen LogP contribution in [-0.2, 0) is 13.0 Å². The molecule has 0 radical (unpaired) electrons. The van der Waals surface area contributed by atoms with Gasteiger partial charge in [0.15, 0.2) is 11.5 Å². The molecule has 0 aliphatic heterocycles. The number of aromatic nitrogens is 3. The molecule has 0 saturated heterocycles. The molecule has 9 heteroatoms. The maximum absolute atomic E-state index is 5.96. The fraction of sp³-hybridized carbons (Fsp3) is 0.286. The van der Waals surface area contributed by atoms with Crippen LogP contribution in [0.5, 0.6) is 17.5 Å². The van der Waals surface area contributed by atoms with Gasteiger partial charge in [-0.3, -0.25) is 0 Å². The first-order chi connectivity index (χ1) is 14.6. The van der Waals surface area contributed by atoms with Crippen LogP contribution in [0.4, 0.5) is 5.95 Å². The lowest BCUT2D eigenvalue weighted by Crippen LogP contribution is -2.05. The van der Waals surface area contributed by atoms with Gasteiger partial charge in [-0.15, -0.1) is 5.11 Å². The molecular weight excluding hydrogens is 406 g/mol. The van der Waals surface area contributed by atoms with Gasteiger partial charge in [-0.2, -0.15) is 20.1 Å². The molecule has 0 bridgehead atoms. The first-order valence-corrected chi connectivity index (χ1v) is 9.63. The molecule has 0 fully saturated rings. The number of hydrogen-bond acceptors (Lipinski definition) is 8. The maximum Gasteiger partial charge on any atom is 0.322 e. The zero-order valence-corrected chi connectivity index (χ0v) is 17.8. The van der Waals surface area contributed by atoms with Gasteiger partial charge in [-0.25, -0.2) is 0 Å². The molecule has 0 amide bonds. The highest BCUT2D eigenvalue weighted by molar-refractivity contribution is 6.28. The molecule has 0 spiro atoms. The third-order valence-electron chi connectivity index (χ3n) is 4.14. The smallest absolute Gasteiger partial charge is 0.322 e. The predicted octanol–water partition coefficient (Wildman–Crippen LogP) is 4.76. The average Bonchev–Trinajstić information content (AvgIpc) is 2.73. The van der Waals surface area contributed by atoms with Crippen molar-refractivity contribution < 1.29 is 14.2 Å². The monoisotopic (exact) mass is 427 g/mol. The van der Waals surface area contributed by atoms with Gasteiger partial charge in [0.05, 0.1) is 27.4 Å². The Hall–Kier alpha value is -3.26. The van der Waals surface area contributed by atoms with Crippen LogP contribution in [0, 0.1) is 6.92 Å². The van der Waals surface area contributed by atoms with Gasteiger partial charge in [0, 0.05) is 6.42 Å². The van der Waals surface area contributed by atoms with E-state index in [0.29, 0.717) is 31.1 Å². The van der Waals surface area contributed by atoms with Gasteiger partial charge in [0.2, 0.25) is 5.28 Å². The van der Waals surface area contributed by atoms with Crippen molar-refractivity contribution in [1.82, 2.24) is 15.0 Å². The predicted molar refractivity (Wildman–Crippen MR) is 113 cm³/mol. The number of hydrogen-bond donors (Lipinski definition) is 0. The highest BCUT2D eigenvalue weighted by Crippen LogP contribution is 2.27. The molecule has 0 aliphatic carbocycles. The van der Waals surface area contributed by atoms with E-state index < -0.39 is 0 Å². The van der Waals surface area contributed by atoms with E-state index in [2.05, 4.69) is 25.2 Å². The molecule has 0 saturated carbocycles. The van der Waals surface area contributed by atoms with Crippen molar-refractivity contribution in [2.75, 3.05) is 20.8 Å². The van der Waals surface area contributed by atoms with Crippen molar-refractivity contribution in [3.63, 3.8) is 0 Å². The highest BCUT2D eigenvalue weighted by Gasteiger charge is 2.08. The van der Waals surface area contributed by atoms with Crippen LogP contribution in [0.2, 0.25) is 5.28 Å². The number of ether oxygens (including phenoxy) is 3. The number of nitrogens with zero attached hydrogens (tertiary/aromatic N) is 5. The summed E-state index contributed by atoms with van der Waals surface area (Å²) in [6, 6.07) is 13.8. The molecule has 3 rings (SSSR count). The minimum atomic E-state index is -0.00405. The summed E-state index contributed by atoms with van der Waals surface area (Å²) >= 11 is 5.96. The Kier molecular flexibility index (Phi) is 7.51. The summed E-state index contributed by atoms with van der Waals surface area (Å²) in [5, 5.41) is 8.16. The zero-order chi connectivity index (χ0) is 21.3. The van der Waals surface area contributed by atoms with Crippen LogP contribution < -0.4 is 14.2 Å². The van der Waals surface area contributed by atoms with E-state index in [1.165, 1.54) is 0 Å². The fourth-order valence-corrected chi connectivity index (χ4v) is 2.87. The zero-order valence-electron chi connectivity index (χ0n) is 17.0. The van der Waals surface area contributed by atoms with Crippen LogP contribution >= 0.6 is 11.6 Å². The van der Waals surface area contributed by atoms with Gasteiger partial charge in [0.1, 0.15) is 0 Å². The van der Waals surface area contributed by atoms with Crippen LogP contribution in [0.25, 0.3) is 0 Å². The number of rotatable bonds is 9. The minimum Gasteiger partial charge on any atom is -0.493 e. The second-order valence-corrected chi connectivity index (χ2v) is 6.70. The van der Waals surface area contributed by atoms with E-state index in [0.717, 1.165) is 16.7 Å². The third kappa shape index (κ3) is 6.12. The summed E-state index contributed by atoms with van der Waals surface area (Å²) in [7, 11) is 3.20. The summed E-state index contributed by atoms with van der Waals surface area (Å²) in [6.07, 6.45) is 0.619. The topological polar surface area (TPSA) is 91.1 Å². The van der Waals surface area contributed by atoms with E-state index >= 15 is 0 Å². The van der Waals surface area contributed by atoms with Crippen molar-refractivity contribution >= 4 is 17.5 Å². The first-order valence-electron chi connectivity index (χ1n) is 9.25. The Labute approximate surface area is 179 Å². The first kappa shape index (κ1) is 21.4. The lowest BCUT2D eigenvalue weighted by atomic mass is 10.1. The molecule has 8 nitrogen and oxygen atoms in total. The minimum absolute atomic E-state index is 0.00405. The standard InChI is InChI=1S/C21H22ClN5O3/c1-14-5-4-6-16(11-14)13-23-27-20-24-19(22)25-21(26-20)30-10-9-15-7-8-17(28-2)18(12-15)29-3/h4-8,11-12H,9-10,13H2,1-3H3. The van der Waals surface area contributed by atoms with Crippen LogP contribution in [0.3, 0.4) is 0 Å². The van der Waals surface area contributed by atoms with Crippen molar-refractivity contribution in [1.29, 1.82) is 0 Å². The molecule has 156 valence electrons. The van der Waals surface area contributed by atoms with Gasteiger partial charge >= 0.3 is 6.01 Å². The lowest BCUT2D eigenvalue weighted by molar-refractivity contribution is 0.295. The number of methoxy groups -OCH3 is 2. The molecule has 0 aliphatic rings. The Morgan fingerprint density at radius 1 is 0.933 bits per heavy atom. The Balaban J connectivity index is 1.59. The van der Waals surface area contributed by atoms with E-state index in [1.807, 2.05) is 49.4 Å². The Bertz CT molecular complexity index is 1030. The Morgan fingerprint density at radius 3 is 2.53 bits per heavy atom. The third-order valence-corrected chi connectivity index (χ3v) is 4.31. The van der Waals surface area contributed by atoms with Crippen molar-refractivity contribution in [3.05, 3.63) is 64.4 Å². The molecule has 3 aromatic rings. The molecular formula is C21H22ClN5O3. The summed E-state index contributed by atoms with van der Waals surface area (Å²) in [6.45, 7) is 2.79. The largest absolute Gasteiger partial charge is 0.493 e. The van der Waals surface area contributed by atoms with Gasteiger partial charge in [-0.1, -0.05) is 35.9 Å². The molecule has 30 heavy (non-hydrogen) atoms. The van der Waals surface area contributed by atoms with Crippen molar-refractivity contribution in [3.8, 4) is 17.5 Å². The van der Waals surface area contributed by atoms with Gasteiger partial charge in [0.25, 0.3) is 5.95 Å². The lowest BCUT2D eigenvalue weighted by Gasteiger charge is -2.10.